The van der Waals surface area contributed by atoms with Gasteiger partial charge in [0, 0.05) is 12.7 Å². The number of hydrogen-bond acceptors (Lipinski definition) is 4. The van der Waals surface area contributed by atoms with Crippen LogP contribution in [0, 0.1) is 0 Å². The zero-order valence-corrected chi connectivity index (χ0v) is 9.71. The normalized spacial score (nSPS) is 18.3. The summed E-state index contributed by atoms with van der Waals surface area (Å²) in [4.78, 5) is 11.8. The predicted molar refractivity (Wildman–Crippen MR) is 65.8 cm³/mol. The summed E-state index contributed by atoms with van der Waals surface area (Å²) >= 11 is 0. The van der Waals surface area contributed by atoms with Crippen molar-refractivity contribution >= 4 is 11.6 Å². The number of rotatable bonds is 3. The van der Waals surface area contributed by atoms with E-state index in [1.54, 1.807) is 0 Å². The van der Waals surface area contributed by atoms with Crippen LogP contribution in [0.5, 0.6) is 0 Å². The molecule has 0 fully saturated rings. The number of fused-ring (bicyclic) bond motifs is 1. The van der Waals surface area contributed by atoms with Crippen molar-refractivity contribution in [3.63, 3.8) is 0 Å². The minimum atomic E-state index is -0.232. The van der Waals surface area contributed by atoms with Crippen LogP contribution in [0.3, 0.4) is 0 Å². The third-order valence-electron chi connectivity index (χ3n) is 2.87. The van der Waals surface area contributed by atoms with Crippen molar-refractivity contribution in [3.05, 3.63) is 42.4 Å². The maximum atomic E-state index is 11.8. The van der Waals surface area contributed by atoms with Gasteiger partial charge in [-0.05, 0) is 12.1 Å². The van der Waals surface area contributed by atoms with E-state index in [1.807, 2.05) is 40.9 Å². The molecule has 0 saturated carbocycles. The molecule has 18 heavy (non-hydrogen) atoms. The van der Waals surface area contributed by atoms with E-state index in [0.717, 1.165) is 18.0 Å². The van der Waals surface area contributed by atoms with Crippen LogP contribution < -0.4 is 10.6 Å². The average molecular weight is 243 g/mol. The molecule has 0 aromatic carbocycles. The lowest BCUT2D eigenvalue weighted by molar-refractivity contribution is -0.122. The fourth-order valence-corrected chi connectivity index (χ4v) is 1.93. The Hall–Kier alpha value is -2.21. The first-order valence-electron chi connectivity index (χ1n) is 5.81. The number of pyridine rings is 1. The smallest absolute Gasteiger partial charge is 0.241 e. The number of hydrogen-bond donors (Lipinski definition) is 2. The van der Waals surface area contributed by atoms with Crippen molar-refractivity contribution in [1.82, 2.24) is 25.2 Å². The molecule has 6 heteroatoms. The summed E-state index contributed by atoms with van der Waals surface area (Å²) < 4.78 is 1.86. The molecule has 0 radical (unpaired) electrons. The van der Waals surface area contributed by atoms with Crippen LogP contribution in [0.15, 0.2) is 36.5 Å². The maximum absolute atomic E-state index is 11.8. The number of aromatic nitrogens is 3. The van der Waals surface area contributed by atoms with Gasteiger partial charge in [-0.25, -0.2) is 0 Å². The Bertz CT molecular complexity index is 603. The molecule has 1 aliphatic heterocycles. The zero-order chi connectivity index (χ0) is 12.4. The summed E-state index contributed by atoms with van der Waals surface area (Å²) in [6, 6.07) is 5.45. The molecule has 3 heterocycles. The van der Waals surface area contributed by atoms with Gasteiger partial charge in [-0.15, -0.1) is 10.2 Å². The Labute approximate surface area is 104 Å². The maximum Gasteiger partial charge on any atom is 0.241 e. The second-order valence-electron chi connectivity index (χ2n) is 4.08. The van der Waals surface area contributed by atoms with Gasteiger partial charge >= 0.3 is 0 Å². The Balaban J connectivity index is 1.69. The minimum Gasteiger partial charge on any atom is -0.347 e. The van der Waals surface area contributed by atoms with Gasteiger partial charge in [-0.1, -0.05) is 18.2 Å². The molecular weight excluding hydrogens is 230 g/mol. The molecule has 0 aliphatic carbocycles. The lowest BCUT2D eigenvalue weighted by atomic mass is 10.3. The fourth-order valence-electron chi connectivity index (χ4n) is 1.93. The van der Waals surface area contributed by atoms with Crippen LogP contribution in [0.1, 0.15) is 5.82 Å². The summed E-state index contributed by atoms with van der Waals surface area (Å²) in [6.07, 6.45) is 5.68. The molecule has 1 aliphatic rings. The van der Waals surface area contributed by atoms with E-state index in [-0.39, 0.29) is 11.9 Å². The van der Waals surface area contributed by atoms with Crippen molar-refractivity contribution in [2.45, 2.75) is 12.6 Å². The Morgan fingerprint density at radius 1 is 1.50 bits per heavy atom. The first-order chi connectivity index (χ1) is 8.84. The van der Waals surface area contributed by atoms with Gasteiger partial charge in [0.1, 0.15) is 6.04 Å². The van der Waals surface area contributed by atoms with Gasteiger partial charge in [-0.3, -0.25) is 14.5 Å². The molecule has 6 nitrogen and oxygen atoms in total. The van der Waals surface area contributed by atoms with Crippen molar-refractivity contribution < 1.29 is 4.79 Å². The molecule has 92 valence electrons. The SMILES string of the molecule is O=C(NCc1nnc2ccccn12)[C@@H]1C=CCN1. The molecule has 0 bridgehead atoms. The monoisotopic (exact) mass is 243 g/mol. The van der Waals surface area contributed by atoms with E-state index in [1.165, 1.54) is 0 Å². The van der Waals surface area contributed by atoms with Gasteiger partial charge in [0.05, 0.1) is 6.54 Å². The molecule has 2 aromatic heterocycles. The Morgan fingerprint density at radius 3 is 3.28 bits per heavy atom. The minimum absolute atomic E-state index is 0.0450. The second-order valence-corrected chi connectivity index (χ2v) is 4.08. The lowest BCUT2D eigenvalue weighted by Crippen LogP contribution is -2.40. The van der Waals surface area contributed by atoms with E-state index < -0.39 is 0 Å². The number of nitrogens with zero attached hydrogens (tertiary/aromatic N) is 3. The van der Waals surface area contributed by atoms with Gasteiger partial charge < -0.3 is 5.32 Å². The van der Waals surface area contributed by atoms with E-state index in [0.29, 0.717) is 6.54 Å². The third kappa shape index (κ3) is 1.98. The van der Waals surface area contributed by atoms with Crippen LogP contribution >= 0.6 is 0 Å². The largest absolute Gasteiger partial charge is 0.347 e. The summed E-state index contributed by atoms with van der Waals surface area (Å²) in [6.45, 7) is 1.11. The molecule has 1 amide bonds. The average Bonchev–Trinajstić information content (AvgIpc) is 3.06. The highest BCUT2D eigenvalue weighted by atomic mass is 16.2. The molecule has 0 spiro atoms. The van der Waals surface area contributed by atoms with E-state index in [9.17, 15) is 4.79 Å². The summed E-state index contributed by atoms with van der Waals surface area (Å²) in [5.74, 6) is 0.678. The highest BCUT2D eigenvalue weighted by Gasteiger charge is 2.17. The summed E-state index contributed by atoms with van der Waals surface area (Å²) in [5, 5.41) is 14.0. The molecule has 2 N–H and O–H groups in total. The molecule has 1 atom stereocenters. The molecule has 3 rings (SSSR count). The summed E-state index contributed by atoms with van der Waals surface area (Å²) in [5.41, 5.74) is 0.778. The fraction of sp³-hybridized carbons (Fsp3) is 0.250. The quantitative estimate of drug-likeness (QED) is 0.737. The molecule has 0 unspecified atom stereocenters. The van der Waals surface area contributed by atoms with Crippen LogP contribution in [0.25, 0.3) is 5.65 Å². The van der Waals surface area contributed by atoms with E-state index in [4.69, 9.17) is 0 Å². The standard InChI is InChI=1S/C12H13N5O/c18-12(9-4-3-6-13-9)14-8-11-16-15-10-5-1-2-7-17(10)11/h1-5,7,9,13H,6,8H2,(H,14,18)/t9-/m0/s1. The lowest BCUT2D eigenvalue weighted by Gasteiger charge is -2.09. The number of amides is 1. The van der Waals surface area contributed by atoms with Crippen LogP contribution in [-0.2, 0) is 11.3 Å². The highest BCUT2D eigenvalue weighted by molar-refractivity contribution is 5.84. The molecular formula is C12H13N5O. The van der Waals surface area contributed by atoms with Crippen molar-refractivity contribution in [2.24, 2.45) is 0 Å². The first-order valence-corrected chi connectivity index (χ1v) is 5.81. The van der Waals surface area contributed by atoms with Gasteiger partial charge in [0.25, 0.3) is 0 Å². The third-order valence-corrected chi connectivity index (χ3v) is 2.87. The predicted octanol–water partition coefficient (Wildman–Crippen LogP) is -0.127. The zero-order valence-electron chi connectivity index (χ0n) is 9.71. The molecule has 0 saturated heterocycles. The Kier molecular flexibility index (Phi) is 2.77. The first kappa shape index (κ1) is 10.9. The van der Waals surface area contributed by atoms with Gasteiger partial charge in [0.15, 0.2) is 11.5 Å². The second kappa shape index (κ2) is 4.58. The summed E-state index contributed by atoms with van der Waals surface area (Å²) in [7, 11) is 0. The van der Waals surface area contributed by atoms with Crippen molar-refractivity contribution in [1.29, 1.82) is 0 Å². The van der Waals surface area contributed by atoms with Crippen LogP contribution in [0.4, 0.5) is 0 Å². The van der Waals surface area contributed by atoms with Crippen LogP contribution in [0.2, 0.25) is 0 Å². The van der Waals surface area contributed by atoms with Crippen LogP contribution in [-0.4, -0.2) is 33.1 Å². The van der Waals surface area contributed by atoms with E-state index in [2.05, 4.69) is 20.8 Å². The number of carbonyl (C=O) groups is 1. The highest BCUT2D eigenvalue weighted by Crippen LogP contribution is 2.02. The Morgan fingerprint density at radius 2 is 2.44 bits per heavy atom. The molecule has 2 aromatic rings. The number of nitrogens with one attached hydrogen (secondary N) is 2. The van der Waals surface area contributed by atoms with Gasteiger partial charge in [-0.2, -0.15) is 0 Å². The van der Waals surface area contributed by atoms with Crippen molar-refractivity contribution in [3.8, 4) is 0 Å². The van der Waals surface area contributed by atoms with E-state index >= 15 is 0 Å². The number of carbonyl (C=O) groups excluding carboxylic acids is 1. The van der Waals surface area contributed by atoms with Gasteiger partial charge in [0.2, 0.25) is 5.91 Å². The topological polar surface area (TPSA) is 71.3 Å². The van der Waals surface area contributed by atoms with Crippen molar-refractivity contribution in [2.75, 3.05) is 6.54 Å².